The summed E-state index contributed by atoms with van der Waals surface area (Å²) in [4.78, 5) is 4.26. The summed E-state index contributed by atoms with van der Waals surface area (Å²) in [6.45, 7) is -2.85. The zero-order chi connectivity index (χ0) is 18.8. The minimum atomic E-state index is -2.85. The Morgan fingerprint density at radius 2 is 1.89 bits per heavy atom. The molecule has 1 aromatic heterocycles. The van der Waals surface area contributed by atoms with Gasteiger partial charge in [0.1, 0.15) is 23.9 Å². The van der Waals surface area contributed by atoms with Crippen molar-refractivity contribution in [2.75, 3.05) is 12.4 Å². The van der Waals surface area contributed by atoms with Gasteiger partial charge in [-0.15, -0.1) is 0 Å². The Morgan fingerprint density at radius 1 is 1.11 bits per heavy atom. The van der Waals surface area contributed by atoms with Gasteiger partial charge >= 0.3 is 6.61 Å². The largest absolute Gasteiger partial charge is 0.496 e. The van der Waals surface area contributed by atoms with E-state index in [1.54, 1.807) is 23.9 Å². The summed E-state index contributed by atoms with van der Waals surface area (Å²) in [7, 11) is 1.62. The third-order valence-corrected chi connectivity index (χ3v) is 4.26. The molecule has 1 N–H and O–H groups in total. The maximum atomic E-state index is 12.3. The number of allylic oxidation sites excluding steroid dienone is 1. The van der Waals surface area contributed by atoms with Crippen LogP contribution in [0.1, 0.15) is 17.2 Å². The second kappa shape index (κ2) is 7.06. The average molecular weight is 370 g/mol. The minimum absolute atomic E-state index is 0.106. The normalized spacial score (nSPS) is 15.7. The average Bonchev–Trinajstić information content (AvgIpc) is 3.16. The van der Waals surface area contributed by atoms with Crippen LogP contribution < -0.4 is 14.8 Å². The third kappa shape index (κ3) is 3.33. The molecule has 0 spiro atoms. The van der Waals surface area contributed by atoms with Gasteiger partial charge in [-0.3, -0.25) is 0 Å². The molecule has 0 bridgehead atoms. The Hall–Kier alpha value is -3.42. The Balaban J connectivity index is 1.73. The second-order valence-electron chi connectivity index (χ2n) is 5.82. The summed E-state index contributed by atoms with van der Waals surface area (Å²) in [6.07, 6.45) is 3.46. The number of hydrogen-bond acceptors (Lipinski definition) is 5. The van der Waals surface area contributed by atoms with E-state index in [0.717, 1.165) is 22.6 Å². The molecule has 27 heavy (non-hydrogen) atoms. The Bertz CT molecular complexity index is 970. The van der Waals surface area contributed by atoms with Crippen LogP contribution in [-0.4, -0.2) is 28.5 Å². The lowest BCUT2D eigenvalue weighted by Crippen LogP contribution is -2.20. The van der Waals surface area contributed by atoms with E-state index in [9.17, 15) is 8.78 Å². The van der Waals surface area contributed by atoms with Crippen LogP contribution in [-0.2, 0) is 0 Å². The number of aromatic nitrogens is 3. The van der Waals surface area contributed by atoms with Gasteiger partial charge in [0.25, 0.3) is 0 Å². The van der Waals surface area contributed by atoms with Gasteiger partial charge in [-0.25, -0.2) is 4.68 Å². The number of para-hydroxylation sites is 1. The summed E-state index contributed by atoms with van der Waals surface area (Å²) in [5.74, 6) is 1.42. The zero-order valence-electron chi connectivity index (χ0n) is 14.3. The molecule has 1 atom stereocenters. The molecule has 2 heterocycles. The number of nitrogens with zero attached hydrogens (tertiary/aromatic N) is 3. The predicted octanol–water partition coefficient (Wildman–Crippen LogP) is 3.94. The van der Waals surface area contributed by atoms with Crippen molar-refractivity contribution >= 4 is 11.6 Å². The van der Waals surface area contributed by atoms with Gasteiger partial charge in [0.15, 0.2) is 0 Å². The lowest BCUT2D eigenvalue weighted by Gasteiger charge is -2.25. The molecule has 0 saturated heterocycles. The van der Waals surface area contributed by atoms with Crippen molar-refractivity contribution in [3.8, 4) is 11.5 Å². The quantitative estimate of drug-likeness (QED) is 0.737. The van der Waals surface area contributed by atoms with Gasteiger partial charge in [-0.1, -0.05) is 18.2 Å². The maximum Gasteiger partial charge on any atom is 0.387 e. The van der Waals surface area contributed by atoms with Crippen LogP contribution in [0, 0.1) is 0 Å². The number of benzene rings is 2. The first-order valence-electron chi connectivity index (χ1n) is 8.22. The molecule has 0 amide bonds. The zero-order valence-corrected chi connectivity index (χ0v) is 14.3. The van der Waals surface area contributed by atoms with Gasteiger partial charge in [0, 0.05) is 11.3 Å². The molecule has 0 unspecified atom stereocenters. The maximum absolute atomic E-state index is 12.3. The summed E-state index contributed by atoms with van der Waals surface area (Å²) >= 11 is 0. The molecule has 138 valence electrons. The monoisotopic (exact) mass is 370 g/mol. The molecule has 1 aliphatic heterocycles. The first-order valence-corrected chi connectivity index (χ1v) is 8.22. The second-order valence-corrected chi connectivity index (χ2v) is 5.82. The van der Waals surface area contributed by atoms with Crippen LogP contribution in [0.25, 0.3) is 5.70 Å². The molecule has 4 rings (SSSR count). The van der Waals surface area contributed by atoms with Crippen LogP contribution in [0.5, 0.6) is 11.5 Å². The molecular weight excluding hydrogens is 354 g/mol. The van der Waals surface area contributed by atoms with Gasteiger partial charge in [0.2, 0.25) is 5.95 Å². The first-order chi connectivity index (χ1) is 13.2. The fourth-order valence-corrected chi connectivity index (χ4v) is 3.05. The van der Waals surface area contributed by atoms with Crippen LogP contribution in [0.4, 0.5) is 14.7 Å². The standard InChI is InChI=1S/C19H16F2N4O2/c1-26-17-5-3-2-4-14(17)16-10-15(24-19-22-11-23-25(16)19)12-6-8-13(9-7-12)27-18(20)21/h2-11,16,18H,1H3,(H,22,23,24)/t16-/m0/s1. The van der Waals surface area contributed by atoms with E-state index in [2.05, 4.69) is 20.1 Å². The van der Waals surface area contributed by atoms with Crippen LogP contribution in [0.15, 0.2) is 60.9 Å². The molecule has 8 heteroatoms. The molecule has 0 fully saturated rings. The fourth-order valence-electron chi connectivity index (χ4n) is 3.05. The molecule has 0 saturated carbocycles. The van der Waals surface area contributed by atoms with E-state index in [4.69, 9.17) is 4.74 Å². The summed E-state index contributed by atoms with van der Waals surface area (Å²) in [6, 6.07) is 13.9. The highest BCUT2D eigenvalue weighted by molar-refractivity contribution is 5.77. The van der Waals surface area contributed by atoms with Gasteiger partial charge < -0.3 is 14.8 Å². The number of nitrogens with one attached hydrogen (secondary N) is 1. The predicted molar refractivity (Wildman–Crippen MR) is 95.8 cm³/mol. The minimum Gasteiger partial charge on any atom is -0.496 e. The SMILES string of the molecule is COc1ccccc1[C@@H]1C=C(c2ccc(OC(F)F)cc2)Nc2ncnn21. The van der Waals surface area contributed by atoms with Crippen molar-refractivity contribution in [3.05, 3.63) is 72.1 Å². The van der Waals surface area contributed by atoms with E-state index in [1.165, 1.54) is 18.5 Å². The number of anilines is 1. The Kier molecular flexibility index (Phi) is 4.45. The lowest BCUT2D eigenvalue weighted by molar-refractivity contribution is -0.0498. The Morgan fingerprint density at radius 3 is 2.63 bits per heavy atom. The number of rotatable bonds is 5. The molecule has 6 nitrogen and oxygen atoms in total. The molecule has 2 aromatic carbocycles. The lowest BCUT2D eigenvalue weighted by atomic mass is 10.0. The van der Waals surface area contributed by atoms with E-state index in [-0.39, 0.29) is 11.8 Å². The topological polar surface area (TPSA) is 61.2 Å². The third-order valence-electron chi connectivity index (χ3n) is 4.26. The van der Waals surface area contributed by atoms with E-state index in [0.29, 0.717) is 5.95 Å². The smallest absolute Gasteiger partial charge is 0.387 e. The van der Waals surface area contributed by atoms with Gasteiger partial charge in [-0.05, 0) is 42.0 Å². The number of alkyl halides is 2. The van der Waals surface area contributed by atoms with Crippen molar-refractivity contribution in [2.24, 2.45) is 0 Å². The summed E-state index contributed by atoms with van der Waals surface area (Å²) in [5.41, 5.74) is 2.53. The highest BCUT2D eigenvalue weighted by atomic mass is 19.3. The first kappa shape index (κ1) is 17.0. The number of halogens is 2. The van der Waals surface area contributed by atoms with Gasteiger partial charge in [0.05, 0.1) is 7.11 Å². The van der Waals surface area contributed by atoms with Gasteiger partial charge in [-0.2, -0.15) is 18.9 Å². The molecule has 1 aliphatic rings. The van der Waals surface area contributed by atoms with E-state index in [1.807, 2.05) is 30.3 Å². The van der Waals surface area contributed by atoms with Crippen molar-refractivity contribution < 1.29 is 18.3 Å². The van der Waals surface area contributed by atoms with Crippen molar-refractivity contribution in [1.29, 1.82) is 0 Å². The highest BCUT2D eigenvalue weighted by Gasteiger charge is 2.25. The van der Waals surface area contributed by atoms with Crippen molar-refractivity contribution in [2.45, 2.75) is 12.7 Å². The molecule has 0 aliphatic carbocycles. The van der Waals surface area contributed by atoms with Crippen molar-refractivity contribution in [1.82, 2.24) is 14.8 Å². The summed E-state index contributed by atoms with van der Waals surface area (Å²) < 4.78 is 36.3. The molecular formula is C19H16F2N4O2. The Labute approximate surface area is 154 Å². The summed E-state index contributed by atoms with van der Waals surface area (Å²) in [5, 5.41) is 7.52. The van der Waals surface area contributed by atoms with Crippen molar-refractivity contribution in [3.63, 3.8) is 0 Å². The van der Waals surface area contributed by atoms with E-state index < -0.39 is 6.61 Å². The number of methoxy groups -OCH3 is 1. The van der Waals surface area contributed by atoms with Crippen LogP contribution >= 0.6 is 0 Å². The fraction of sp³-hybridized carbons (Fsp3) is 0.158. The molecule has 3 aromatic rings. The molecule has 0 radical (unpaired) electrons. The van der Waals surface area contributed by atoms with E-state index >= 15 is 0 Å². The highest BCUT2D eigenvalue weighted by Crippen LogP contribution is 2.36. The number of hydrogen-bond donors (Lipinski definition) is 1. The van der Waals surface area contributed by atoms with Crippen LogP contribution in [0.3, 0.4) is 0 Å². The van der Waals surface area contributed by atoms with Crippen LogP contribution in [0.2, 0.25) is 0 Å². The number of ether oxygens (including phenoxy) is 2. The number of fused-ring (bicyclic) bond motifs is 1.